The Balaban J connectivity index is 2.36. The normalized spacial score (nSPS) is 22.5. The maximum atomic E-state index is 13.9. The number of benzene rings is 1. The van der Waals surface area contributed by atoms with E-state index in [1.54, 1.807) is 20.8 Å². The molecule has 1 fully saturated rings. The Labute approximate surface area is 122 Å². The van der Waals surface area contributed by atoms with Crippen LogP contribution in [-0.4, -0.2) is 28.2 Å². The second-order valence-electron chi connectivity index (χ2n) is 6.18. The Morgan fingerprint density at radius 3 is 2.67 bits per heavy atom. The zero-order chi connectivity index (χ0) is 15.8. The van der Waals surface area contributed by atoms with Crippen molar-refractivity contribution in [1.29, 1.82) is 0 Å². The molecule has 1 aliphatic rings. The van der Waals surface area contributed by atoms with E-state index in [1.807, 2.05) is 0 Å². The summed E-state index contributed by atoms with van der Waals surface area (Å²) in [7, 11) is 0. The topological polar surface area (TPSA) is 49.8 Å². The number of aliphatic hydroxyl groups is 1. The van der Waals surface area contributed by atoms with E-state index < -0.39 is 29.1 Å². The SMILES string of the molecule is CC(C)(C)OC(=O)N1CCCC1(O)c1cc(F)ccc1F. The van der Waals surface area contributed by atoms with E-state index in [9.17, 15) is 18.7 Å². The number of nitrogens with zero attached hydrogens (tertiary/aromatic N) is 1. The minimum atomic E-state index is -1.88. The van der Waals surface area contributed by atoms with Gasteiger partial charge >= 0.3 is 6.09 Å². The van der Waals surface area contributed by atoms with Crippen molar-refractivity contribution in [3.8, 4) is 0 Å². The first-order chi connectivity index (χ1) is 9.63. The van der Waals surface area contributed by atoms with Gasteiger partial charge in [0.1, 0.15) is 17.2 Å². The highest BCUT2D eigenvalue weighted by Gasteiger charge is 2.46. The molecule has 1 heterocycles. The molecule has 0 aliphatic carbocycles. The molecule has 1 atom stereocenters. The molecule has 1 aliphatic heterocycles. The molecule has 116 valence electrons. The van der Waals surface area contributed by atoms with Gasteiger partial charge in [-0.1, -0.05) is 0 Å². The lowest BCUT2D eigenvalue weighted by atomic mass is 9.99. The molecule has 1 aromatic carbocycles. The standard InChI is InChI=1S/C15H19F2NO3/c1-14(2,3)21-13(19)18-8-4-7-15(18,20)11-9-10(16)5-6-12(11)17/h5-6,9,20H,4,7-8H2,1-3H3. The molecule has 1 amide bonds. The van der Waals surface area contributed by atoms with E-state index >= 15 is 0 Å². The Morgan fingerprint density at radius 1 is 1.38 bits per heavy atom. The molecule has 4 nitrogen and oxygen atoms in total. The Bertz CT molecular complexity index is 556. The molecule has 0 saturated carbocycles. The van der Waals surface area contributed by atoms with Gasteiger partial charge < -0.3 is 9.84 Å². The lowest BCUT2D eigenvalue weighted by Gasteiger charge is -2.35. The maximum absolute atomic E-state index is 13.9. The summed E-state index contributed by atoms with van der Waals surface area (Å²) in [6, 6.07) is 2.82. The van der Waals surface area contributed by atoms with Gasteiger partial charge in [0.05, 0.1) is 0 Å². The van der Waals surface area contributed by atoms with Crippen molar-refractivity contribution in [2.75, 3.05) is 6.54 Å². The van der Waals surface area contributed by atoms with Crippen LogP contribution in [0.5, 0.6) is 0 Å². The lowest BCUT2D eigenvalue weighted by Crippen LogP contribution is -2.47. The number of ether oxygens (including phenoxy) is 1. The highest BCUT2D eigenvalue weighted by atomic mass is 19.1. The van der Waals surface area contributed by atoms with Crippen LogP contribution in [0, 0.1) is 11.6 Å². The van der Waals surface area contributed by atoms with E-state index in [0.717, 1.165) is 23.1 Å². The van der Waals surface area contributed by atoms with E-state index in [1.165, 1.54) is 0 Å². The van der Waals surface area contributed by atoms with Gasteiger partial charge in [-0.15, -0.1) is 0 Å². The van der Waals surface area contributed by atoms with Crippen molar-refractivity contribution in [2.45, 2.75) is 44.9 Å². The highest BCUT2D eigenvalue weighted by Crippen LogP contribution is 2.38. The van der Waals surface area contributed by atoms with Gasteiger partial charge in [-0.05, 0) is 45.4 Å². The molecule has 1 aromatic rings. The summed E-state index contributed by atoms with van der Waals surface area (Å²) in [6.07, 6.45) is -0.135. The van der Waals surface area contributed by atoms with E-state index in [-0.39, 0.29) is 18.5 Å². The summed E-state index contributed by atoms with van der Waals surface area (Å²) in [6.45, 7) is 5.32. The van der Waals surface area contributed by atoms with Gasteiger partial charge in [0.15, 0.2) is 5.72 Å². The average molecular weight is 299 g/mol. The molecule has 2 rings (SSSR count). The molecule has 1 N–H and O–H groups in total. The summed E-state index contributed by atoms with van der Waals surface area (Å²) in [5.41, 5.74) is -2.86. The molecule has 1 saturated heterocycles. The summed E-state index contributed by atoms with van der Waals surface area (Å²) in [5, 5.41) is 10.7. The quantitative estimate of drug-likeness (QED) is 0.866. The molecule has 0 aromatic heterocycles. The Kier molecular flexibility index (Phi) is 3.93. The van der Waals surface area contributed by atoms with Gasteiger partial charge in [-0.3, -0.25) is 4.90 Å². The summed E-state index contributed by atoms with van der Waals surface area (Å²) in [5.74, 6) is -1.43. The third kappa shape index (κ3) is 3.15. The largest absolute Gasteiger partial charge is 0.444 e. The third-order valence-corrected chi connectivity index (χ3v) is 3.33. The van der Waals surface area contributed by atoms with Gasteiger partial charge in [-0.25, -0.2) is 13.6 Å². The molecule has 0 spiro atoms. The van der Waals surface area contributed by atoms with Gasteiger partial charge in [0.2, 0.25) is 0 Å². The summed E-state index contributed by atoms with van der Waals surface area (Å²) >= 11 is 0. The molecule has 0 bridgehead atoms. The highest BCUT2D eigenvalue weighted by molar-refractivity contribution is 5.69. The van der Waals surface area contributed by atoms with Crippen LogP contribution >= 0.6 is 0 Å². The number of amides is 1. The monoisotopic (exact) mass is 299 g/mol. The molecule has 0 radical (unpaired) electrons. The fraction of sp³-hybridized carbons (Fsp3) is 0.533. The van der Waals surface area contributed by atoms with Crippen LogP contribution < -0.4 is 0 Å². The van der Waals surface area contributed by atoms with Crippen molar-refractivity contribution in [1.82, 2.24) is 4.90 Å². The predicted octanol–water partition coefficient (Wildman–Crippen LogP) is 3.14. The number of halogens is 2. The van der Waals surface area contributed by atoms with Gasteiger partial charge in [-0.2, -0.15) is 0 Å². The molecular formula is C15H19F2NO3. The second kappa shape index (κ2) is 5.26. The first-order valence-electron chi connectivity index (χ1n) is 6.82. The zero-order valence-corrected chi connectivity index (χ0v) is 12.3. The zero-order valence-electron chi connectivity index (χ0n) is 12.3. The fourth-order valence-electron chi connectivity index (χ4n) is 2.45. The van der Waals surface area contributed by atoms with Crippen LogP contribution in [-0.2, 0) is 10.5 Å². The Morgan fingerprint density at radius 2 is 2.05 bits per heavy atom. The first kappa shape index (κ1) is 15.7. The number of carbonyl (C=O) groups excluding carboxylic acids is 1. The predicted molar refractivity (Wildman–Crippen MR) is 72.4 cm³/mol. The molecule has 21 heavy (non-hydrogen) atoms. The van der Waals surface area contributed by atoms with Crippen molar-refractivity contribution in [2.24, 2.45) is 0 Å². The van der Waals surface area contributed by atoms with Gasteiger partial charge in [0.25, 0.3) is 0 Å². The van der Waals surface area contributed by atoms with Crippen molar-refractivity contribution in [3.05, 3.63) is 35.4 Å². The minimum absolute atomic E-state index is 0.132. The maximum Gasteiger partial charge on any atom is 0.412 e. The summed E-state index contributed by atoms with van der Waals surface area (Å²) < 4.78 is 32.5. The van der Waals surface area contributed by atoms with Crippen LogP contribution in [0.25, 0.3) is 0 Å². The van der Waals surface area contributed by atoms with Crippen LogP contribution in [0.4, 0.5) is 13.6 Å². The Hall–Kier alpha value is -1.69. The molecule has 6 heteroatoms. The van der Waals surface area contributed by atoms with Crippen molar-refractivity contribution < 1.29 is 23.4 Å². The van der Waals surface area contributed by atoms with Crippen LogP contribution in [0.1, 0.15) is 39.2 Å². The lowest BCUT2D eigenvalue weighted by molar-refractivity contribution is -0.0913. The summed E-state index contributed by atoms with van der Waals surface area (Å²) in [4.78, 5) is 13.2. The fourth-order valence-corrected chi connectivity index (χ4v) is 2.45. The van der Waals surface area contributed by atoms with Crippen LogP contribution in [0.15, 0.2) is 18.2 Å². The van der Waals surface area contributed by atoms with Crippen molar-refractivity contribution in [3.63, 3.8) is 0 Å². The first-order valence-corrected chi connectivity index (χ1v) is 6.82. The van der Waals surface area contributed by atoms with E-state index in [2.05, 4.69) is 0 Å². The third-order valence-electron chi connectivity index (χ3n) is 3.33. The average Bonchev–Trinajstić information content (AvgIpc) is 2.73. The van der Waals surface area contributed by atoms with Crippen LogP contribution in [0.2, 0.25) is 0 Å². The van der Waals surface area contributed by atoms with E-state index in [0.29, 0.717) is 6.42 Å². The number of hydrogen-bond acceptors (Lipinski definition) is 3. The van der Waals surface area contributed by atoms with Crippen LogP contribution in [0.3, 0.4) is 0 Å². The number of carbonyl (C=O) groups is 1. The minimum Gasteiger partial charge on any atom is -0.444 e. The van der Waals surface area contributed by atoms with Crippen molar-refractivity contribution >= 4 is 6.09 Å². The number of likely N-dealkylation sites (tertiary alicyclic amines) is 1. The molecule has 1 unspecified atom stereocenters. The second-order valence-corrected chi connectivity index (χ2v) is 6.18. The van der Waals surface area contributed by atoms with Gasteiger partial charge in [0, 0.05) is 18.5 Å². The smallest absolute Gasteiger partial charge is 0.412 e. The number of rotatable bonds is 1. The number of hydrogen-bond donors (Lipinski definition) is 1. The molecular weight excluding hydrogens is 280 g/mol. The van der Waals surface area contributed by atoms with E-state index in [4.69, 9.17) is 4.74 Å².